The van der Waals surface area contributed by atoms with Crippen LogP contribution in [0.15, 0.2) is 12.5 Å². The summed E-state index contributed by atoms with van der Waals surface area (Å²) in [5.74, 6) is 1.38. The third kappa shape index (κ3) is 3.50. The van der Waals surface area contributed by atoms with E-state index >= 15 is 0 Å². The normalized spacial score (nSPS) is 12.9. The Labute approximate surface area is 89.9 Å². The van der Waals surface area contributed by atoms with Crippen LogP contribution in [0, 0.1) is 5.92 Å². The van der Waals surface area contributed by atoms with Gasteiger partial charge in [-0.1, -0.05) is 25.4 Å². The molecule has 1 unspecified atom stereocenters. The molecule has 1 aromatic heterocycles. The molecular formula is C10H16ClN3. The van der Waals surface area contributed by atoms with E-state index in [-0.39, 0.29) is 0 Å². The Hall–Kier alpha value is -0.830. The third-order valence-corrected chi connectivity index (χ3v) is 2.15. The molecule has 0 saturated heterocycles. The number of aromatic nitrogens is 2. The highest BCUT2D eigenvalue weighted by atomic mass is 35.5. The molecule has 0 saturated carbocycles. The molecule has 0 spiro atoms. The van der Waals surface area contributed by atoms with Crippen molar-refractivity contribution in [3.05, 3.63) is 17.5 Å². The van der Waals surface area contributed by atoms with Crippen molar-refractivity contribution in [3.63, 3.8) is 0 Å². The predicted molar refractivity (Wildman–Crippen MR) is 59.6 cm³/mol. The second-order valence-corrected chi connectivity index (χ2v) is 4.30. The fraction of sp³-hybridized carbons (Fsp3) is 0.600. The van der Waals surface area contributed by atoms with Crippen LogP contribution in [0.25, 0.3) is 0 Å². The van der Waals surface area contributed by atoms with Gasteiger partial charge in [0.2, 0.25) is 0 Å². The number of anilines is 1. The lowest BCUT2D eigenvalue weighted by Gasteiger charge is -2.16. The van der Waals surface area contributed by atoms with Crippen molar-refractivity contribution >= 4 is 17.4 Å². The summed E-state index contributed by atoms with van der Waals surface area (Å²) in [6.07, 6.45) is 4.19. The van der Waals surface area contributed by atoms with Crippen molar-refractivity contribution in [1.29, 1.82) is 0 Å². The maximum absolute atomic E-state index is 5.92. The molecule has 0 fully saturated rings. The number of hydrogen-bond donors (Lipinski definition) is 1. The van der Waals surface area contributed by atoms with Gasteiger partial charge < -0.3 is 5.32 Å². The topological polar surface area (TPSA) is 37.8 Å². The molecule has 78 valence electrons. The Morgan fingerprint density at radius 3 is 2.71 bits per heavy atom. The molecule has 0 bridgehead atoms. The maximum atomic E-state index is 5.92. The molecule has 1 aromatic rings. The summed E-state index contributed by atoms with van der Waals surface area (Å²) in [6, 6.07) is 0.377. The van der Waals surface area contributed by atoms with Crippen molar-refractivity contribution in [1.82, 2.24) is 9.97 Å². The van der Waals surface area contributed by atoms with Crippen LogP contribution in [0.5, 0.6) is 0 Å². The highest BCUT2D eigenvalue weighted by Gasteiger charge is 2.07. The summed E-state index contributed by atoms with van der Waals surface area (Å²) in [5, 5.41) is 3.83. The lowest BCUT2D eigenvalue weighted by molar-refractivity contribution is 0.539. The molecule has 14 heavy (non-hydrogen) atoms. The first-order valence-corrected chi connectivity index (χ1v) is 5.19. The molecule has 0 aliphatic heterocycles. The molecular weight excluding hydrogens is 198 g/mol. The van der Waals surface area contributed by atoms with Gasteiger partial charge in [-0.2, -0.15) is 0 Å². The van der Waals surface area contributed by atoms with Gasteiger partial charge in [0.15, 0.2) is 0 Å². The smallest absolute Gasteiger partial charge is 0.148 e. The van der Waals surface area contributed by atoms with Gasteiger partial charge in [-0.25, -0.2) is 9.97 Å². The zero-order valence-electron chi connectivity index (χ0n) is 8.79. The largest absolute Gasteiger partial charge is 0.366 e. The summed E-state index contributed by atoms with van der Waals surface area (Å²) in [4.78, 5) is 7.90. The first kappa shape index (κ1) is 11.2. The van der Waals surface area contributed by atoms with Crippen LogP contribution in [0.4, 0.5) is 5.82 Å². The summed E-state index contributed by atoms with van der Waals surface area (Å²) in [7, 11) is 0. The second-order valence-electron chi connectivity index (χ2n) is 3.89. The van der Waals surface area contributed by atoms with E-state index in [0.29, 0.717) is 17.0 Å². The number of nitrogens with one attached hydrogen (secondary N) is 1. The monoisotopic (exact) mass is 213 g/mol. The third-order valence-electron chi connectivity index (χ3n) is 1.88. The molecule has 0 amide bonds. The molecule has 1 atom stereocenters. The Bertz CT molecular complexity index is 288. The van der Waals surface area contributed by atoms with Crippen molar-refractivity contribution in [3.8, 4) is 0 Å². The van der Waals surface area contributed by atoms with E-state index in [4.69, 9.17) is 11.6 Å². The van der Waals surface area contributed by atoms with E-state index < -0.39 is 0 Å². The van der Waals surface area contributed by atoms with E-state index in [2.05, 4.69) is 36.1 Å². The van der Waals surface area contributed by atoms with Crippen LogP contribution in [0.3, 0.4) is 0 Å². The molecule has 0 aliphatic carbocycles. The fourth-order valence-corrected chi connectivity index (χ4v) is 1.58. The summed E-state index contributed by atoms with van der Waals surface area (Å²) < 4.78 is 0. The van der Waals surface area contributed by atoms with Gasteiger partial charge >= 0.3 is 0 Å². The highest BCUT2D eigenvalue weighted by Crippen LogP contribution is 2.18. The van der Waals surface area contributed by atoms with E-state index in [1.54, 1.807) is 6.20 Å². The van der Waals surface area contributed by atoms with Crippen LogP contribution in [0.1, 0.15) is 27.2 Å². The molecule has 4 heteroatoms. The number of halogens is 1. The Morgan fingerprint density at radius 1 is 1.43 bits per heavy atom. The lowest BCUT2D eigenvalue weighted by Crippen LogP contribution is -2.18. The lowest BCUT2D eigenvalue weighted by atomic mass is 10.1. The van der Waals surface area contributed by atoms with E-state index in [1.165, 1.54) is 6.33 Å². The SMILES string of the molecule is CC(C)CC(C)Nc1ncncc1Cl. The van der Waals surface area contributed by atoms with Gasteiger partial charge in [0.05, 0.1) is 6.20 Å². The quantitative estimate of drug-likeness (QED) is 0.836. The van der Waals surface area contributed by atoms with Crippen LogP contribution >= 0.6 is 11.6 Å². The minimum atomic E-state index is 0.377. The summed E-state index contributed by atoms with van der Waals surface area (Å²) in [6.45, 7) is 6.51. The minimum absolute atomic E-state index is 0.377. The van der Waals surface area contributed by atoms with Crippen LogP contribution in [0.2, 0.25) is 5.02 Å². The summed E-state index contributed by atoms with van der Waals surface area (Å²) in [5.41, 5.74) is 0. The minimum Gasteiger partial charge on any atom is -0.366 e. The van der Waals surface area contributed by atoms with E-state index in [1.807, 2.05) is 0 Å². The van der Waals surface area contributed by atoms with Crippen LogP contribution in [-0.4, -0.2) is 16.0 Å². The van der Waals surface area contributed by atoms with Crippen molar-refractivity contribution in [2.24, 2.45) is 5.92 Å². The first-order chi connectivity index (χ1) is 6.59. The first-order valence-electron chi connectivity index (χ1n) is 4.81. The molecule has 0 aliphatic rings. The second kappa shape index (κ2) is 5.15. The molecule has 1 heterocycles. The average molecular weight is 214 g/mol. The van der Waals surface area contributed by atoms with Gasteiger partial charge in [-0.05, 0) is 19.3 Å². The summed E-state index contributed by atoms with van der Waals surface area (Å²) >= 11 is 5.92. The zero-order chi connectivity index (χ0) is 10.6. The van der Waals surface area contributed by atoms with Gasteiger partial charge in [0.25, 0.3) is 0 Å². The molecule has 0 aromatic carbocycles. The van der Waals surface area contributed by atoms with Gasteiger partial charge in [0, 0.05) is 6.04 Å². The van der Waals surface area contributed by atoms with Crippen molar-refractivity contribution in [2.75, 3.05) is 5.32 Å². The van der Waals surface area contributed by atoms with Crippen LogP contribution < -0.4 is 5.32 Å². The van der Waals surface area contributed by atoms with Gasteiger partial charge in [-0.15, -0.1) is 0 Å². The number of hydrogen-bond acceptors (Lipinski definition) is 3. The van der Waals surface area contributed by atoms with Crippen molar-refractivity contribution in [2.45, 2.75) is 33.2 Å². The molecule has 3 nitrogen and oxygen atoms in total. The average Bonchev–Trinajstić information content (AvgIpc) is 2.07. The molecule has 1 N–H and O–H groups in total. The maximum Gasteiger partial charge on any atom is 0.148 e. The van der Waals surface area contributed by atoms with Crippen LogP contribution in [-0.2, 0) is 0 Å². The Morgan fingerprint density at radius 2 is 2.14 bits per heavy atom. The standard InChI is InChI=1S/C10H16ClN3/c1-7(2)4-8(3)14-10-9(11)5-12-6-13-10/h5-8H,4H2,1-3H3,(H,12,13,14). The number of nitrogens with zero attached hydrogens (tertiary/aromatic N) is 2. The molecule has 0 radical (unpaired) electrons. The van der Waals surface area contributed by atoms with E-state index in [0.717, 1.165) is 12.2 Å². The zero-order valence-corrected chi connectivity index (χ0v) is 9.54. The van der Waals surface area contributed by atoms with Crippen molar-refractivity contribution < 1.29 is 0 Å². The van der Waals surface area contributed by atoms with E-state index in [9.17, 15) is 0 Å². The van der Waals surface area contributed by atoms with Gasteiger partial charge in [0.1, 0.15) is 17.2 Å². The fourth-order valence-electron chi connectivity index (χ4n) is 1.42. The molecule has 1 rings (SSSR count). The Kier molecular flexibility index (Phi) is 4.14. The highest BCUT2D eigenvalue weighted by molar-refractivity contribution is 6.32. The van der Waals surface area contributed by atoms with Gasteiger partial charge in [-0.3, -0.25) is 0 Å². The Balaban J connectivity index is 2.56. The number of rotatable bonds is 4. The predicted octanol–water partition coefficient (Wildman–Crippen LogP) is 2.98.